The molecule has 1 fully saturated rings. The first-order chi connectivity index (χ1) is 13.0. The van der Waals surface area contributed by atoms with E-state index in [4.69, 9.17) is 4.74 Å². The van der Waals surface area contributed by atoms with Crippen LogP contribution in [0.4, 0.5) is 0 Å². The van der Waals surface area contributed by atoms with Crippen LogP contribution < -0.4 is 0 Å². The average Bonchev–Trinajstić information content (AvgIpc) is 3.20. The van der Waals surface area contributed by atoms with Crippen LogP contribution >= 0.6 is 0 Å². The van der Waals surface area contributed by atoms with E-state index in [1.165, 1.54) is 0 Å². The maximum atomic E-state index is 12.2. The van der Waals surface area contributed by atoms with Gasteiger partial charge in [-0.3, -0.25) is 9.59 Å². The molecule has 5 heteroatoms. The Morgan fingerprint density at radius 1 is 0.778 bits per heavy atom. The number of hydrogen-bond donors (Lipinski definition) is 2. The van der Waals surface area contributed by atoms with Crippen molar-refractivity contribution < 1.29 is 24.5 Å². The minimum Gasteiger partial charge on any atom is -0.390 e. The van der Waals surface area contributed by atoms with Crippen molar-refractivity contribution in [3.8, 4) is 0 Å². The number of aliphatic hydroxyl groups excluding tert-OH is 2. The molecule has 0 saturated carbocycles. The van der Waals surface area contributed by atoms with Gasteiger partial charge in [-0.1, -0.05) is 60.7 Å². The van der Waals surface area contributed by atoms with Gasteiger partial charge in [-0.15, -0.1) is 0 Å². The lowest BCUT2D eigenvalue weighted by Gasteiger charge is -2.21. The van der Waals surface area contributed by atoms with Gasteiger partial charge in [-0.25, -0.2) is 0 Å². The number of ether oxygens (including phenoxy) is 1. The lowest BCUT2D eigenvalue weighted by Crippen LogP contribution is -2.33. The van der Waals surface area contributed by atoms with Gasteiger partial charge in [-0.2, -0.15) is 0 Å². The van der Waals surface area contributed by atoms with Crippen LogP contribution in [0.3, 0.4) is 0 Å². The molecule has 142 valence electrons. The van der Waals surface area contributed by atoms with E-state index in [1.54, 1.807) is 48.5 Å². The Labute approximate surface area is 158 Å². The molecule has 1 aliphatic rings. The van der Waals surface area contributed by atoms with Crippen LogP contribution in [0.25, 0.3) is 0 Å². The van der Waals surface area contributed by atoms with E-state index in [1.807, 2.05) is 12.1 Å². The van der Waals surface area contributed by atoms with Crippen LogP contribution in [0.1, 0.15) is 46.4 Å². The topological polar surface area (TPSA) is 83.8 Å². The van der Waals surface area contributed by atoms with Gasteiger partial charge < -0.3 is 14.9 Å². The van der Waals surface area contributed by atoms with Gasteiger partial charge in [0.15, 0.2) is 11.6 Å². The van der Waals surface area contributed by atoms with Crippen LogP contribution in [-0.2, 0) is 4.74 Å². The van der Waals surface area contributed by atoms with Crippen LogP contribution in [0.15, 0.2) is 60.7 Å². The number of rotatable bonds is 8. The zero-order chi connectivity index (χ0) is 19.2. The third-order valence-corrected chi connectivity index (χ3v) is 4.92. The predicted octanol–water partition coefficient (Wildman–Crippen LogP) is 2.80. The van der Waals surface area contributed by atoms with Gasteiger partial charge in [0, 0.05) is 24.0 Å². The van der Waals surface area contributed by atoms with Gasteiger partial charge in [0.25, 0.3) is 0 Å². The zero-order valence-corrected chi connectivity index (χ0v) is 15.0. The van der Waals surface area contributed by atoms with Crippen LogP contribution in [0, 0.1) is 0 Å². The largest absolute Gasteiger partial charge is 0.390 e. The van der Waals surface area contributed by atoms with Crippen LogP contribution in [0.2, 0.25) is 0 Å². The summed E-state index contributed by atoms with van der Waals surface area (Å²) < 4.78 is 5.75. The van der Waals surface area contributed by atoms with Crippen molar-refractivity contribution in [3.63, 3.8) is 0 Å². The van der Waals surface area contributed by atoms with Gasteiger partial charge in [0.2, 0.25) is 0 Å². The number of carbonyl (C=O) groups excluding carboxylic acids is 2. The Balaban J connectivity index is 1.50. The average molecular weight is 368 g/mol. The first-order valence-electron chi connectivity index (χ1n) is 9.22. The van der Waals surface area contributed by atoms with Gasteiger partial charge in [-0.05, 0) is 12.8 Å². The molecule has 2 aromatic rings. The monoisotopic (exact) mass is 368 g/mol. The molecule has 1 aliphatic heterocycles. The SMILES string of the molecule is O=C(C[C@@H](O)[C@@H]1CC[C@H]([C@@H](O)CC(=O)c2ccccc2)O1)c1ccccc1. The van der Waals surface area contributed by atoms with E-state index in [0.29, 0.717) is 24.0 Å². The molecule has 0 amide bonds. The standard InChI is InChI=1S/C22H24O5/c23-17(15-7-3-1-4-8-15)13-19(25)21-11-12-22(27-21)20(26)14-18(24)16-9-5-2-6-10-16/h1-10,19-22,25-26H,11-14H2/t19-,20+,21+,22-. The number of ketones is 2. The van der Waals surface area contributed by atoms with Crippen molar-refractivity contribution >= 4 is 11.6 Å². The number of Topliss-reactive ketones (excluding diaryl/α,β-unsaturated/α-hetero) is 2. The normalized spacial score (nSPS) is 21.6. The van der Waals surface area contributed by atoms with Gasteiger partial charge >= 0.3 is 0 Å². The summed E-state index contributed by atoms with van der Waals surface area (Å²) in [5.41, 5.74) is 1.11. The molecule has 0 unspecified atom stereocenters. The molecule has 27 heavy (non-hydrogen) atoms. The molecule has 1 heterocycles. The molecule has 5 nitrogen and oxygen atoms in total. The number of carbonyl (C=O) groups is 2. The van der Waals surface area contributed by atoms with Crippen molar-refractivity contribution in [2.75, 3.05) is 0 Å². The fourth-order valence-corrected chi connectivity index (χ4v) is 3.38. The first-order valence-corrected chi connectivity index (χ1v) is 9.22. The number of benzene rings is 2. The van der Waals surface area contributed by atoms with E-state index in [-0.39, 0.29) is 24.4 Å². The molecule has 3 rings (SSSR count). The Bertz CT molecular complexity index is 693. The minimum atomic E-state index is -0.931. The molecule has 1 saturated heterocycles. The molecule has 2 aromatic carbocycles. The molecular formula is C22H24O5. The quantitative estimate of drug-likeness (QED) is 0.700. The summed E-state index contributed by atoms with van der Waals surface area (Å²) in [5, 5.41) is 20.7. The highest BCUT2D eigenvalue weighted by atomic mass is 16.5. The minimum absolute atomic E-state index is 0.0273. The van der Waals surface area contributed by atoms with Crippen molar-refractivity contribution in [2.24, 2.45) is 0 Å². The lowest BCUT2D eigenvalue weighted by molar-refractivity contribution is -0.0736. The zero-order valence-electron chi connectivity index (χ0n) is 15.0. The Kier molecular flexibility index (Phi) is 6.50. The Morgan fingerprint density at radius 3 is 1.52 bits per heavy atom. The van der Waals surface area contributed by atoms with Gasteiger partial charge in [0.05, 0.1) is 24.4 Å². The summed E-state index contributed by atoms with van der Waals surface area (Å²) in [7, 11) is 0. The third kappa shape index (κ3) is 5.10. The summed E-state index contributed by atoms with van der Waals surface area (Å²) in [5.74, 6) is -0.287. The van der Waals surface area contributed by atoms with E-state index in [2.05, 4.69) is 0 Å². The predicted molar refractivity (Wildman–Crippen MR) is 101 cm³/mol. The summed E-state index contributed by atoms with van der Waals surface area (Å²) >= 11 is 0. The number of hydrogen-bond acceptors (Lipinski definition) is 5. The van der Waals surface area contributed by atoms with Crippen molar-refractivity contribution in [2.45, 2.75) is 50.1 Å². The molecule has 4 atom stereocenters. The fraction of sp³-hybridized carbons (Fsp3) is 0.364. The second-order valence-corrected chi connectivity index (χ2v) is 6.91. The fourth-order valence-electron chi connectivity index (χ4n) is 3.38. The van der Waals surface area contributed by atoms with Crippen LogP contribution in [0.5, 0.6) is 0 Å². The Hall–Kier alpha value is -2.34. The maximum Gasteiger partial charge on any atom is 0.165 e. The van der Waals surface area contributed by atoms with E-state index in [9.17, 15) is 19.8 Å². The lowest BCUT2D eigenvalue weighted by atomic mass is 9.99. The maximum absolute atomic E-state index is 12.2. The van der Waals surface area contributed by atoms with E-state index < -0.39 is 24.4 Å². The third-order valence-electron chi connectivity index (χ3n) is 4.92. The molecule has 0 spiro atoms. The molecule has 0 bridgehead atoms. The highest BCUT2D eigenvalue weighted by Crippen LogP contribution is 2.27. The van der Waals surface area contributed by atoms with Gasteiger partial charge in [0.1, 0.15) is 0 Å². The smallest absolute Gasteiger partial charge is 0.165 e. The summed E-state index contributed by atoms with van der Waals surface area (Å²) in [6, 6.07) is 17.6. The van der Waals surface area contributed by atoms with Crippen molar-refractivity contribution in [3.05, 3.63) is 71.8 Å². The summed E-state index contributed by atoms with van der Waals surface area (Å²) in [6.07, 6.45) is -1.84. The van der Waals surface area contributed by atoms with E-state index in [0.717, 1.165) is 0 Å². The molecule has 0 radical (unpaired) electrons. The highest BCUT2D eigenvalue weighted by molar-refractivity contribution is 5.96. The summed E-state index contributed by atoms with van der Waals surface area (Å²) in [6.45, 7) is 0. The highest BCUT2D eigenvalue weighted by Gasteiger charge is 2.36. The summed E-state index contributed by atoms with van der Waals surface area (Å²) in [4.78, 5) is 24.4. The van der Waals surface area contributed by atoms with Crippen molar-refractivity contribution in [1.82, 2.24) is 0 Å². The molecular weight excluding hydrogens is 344 g/mol. The Morgan fingerprint density at radius 2 is 1.15 bits per heavy atom. The molecule has 2 N–H and O–H groups in total. The van der Waals surface area contributed by atoms with Crippen molar-refractivity contribution in [1.29, 1.82) is 0 Å². The second-order valence-electron chi connectivity index (χ2n) is 6.91. The molecule has 0 aromatic heterocycles. The second kappa shape index (κ2) is 9.04. The number of aliphatic hydroxyl groups is 2. The first kappa shape index (κ1) is 19.4. The molecule has 0 aliphatic carbocycles. The van der Waals surface area contributed by atoms with Crippen LogP contribution in [-0.4, -0.2) is 46.2 Å². The van der Waals surface area contributed by atoms with E-state index >= 15 is 0 Å².